The molecule has 2 aromatic heterocycles. The van der Waals surface area contributed by atoms with E-state index in [9.17, 15) is 8.42 Å². The third kappa shape index (κ3) is 2.65. The van der Waals surface area contributed by atoms with Crippen LogP contribution in [0, 0.1) is 13.8 Å². The van der Waals surface area contributed by atoms with Crippen LogP contribution >= 0.6 is 11.6 Å². The Labute approximate surface area is 132 Å². The minimum absolute atomic E-state index is 0.00336. The maximum absolute atomic E-state index is 12.5. The molecule has 2 heterocycles. The van der Waals surface area contributed by atoms with Gasteiger partial charge in [-0.25, -0.2) is 13.1 Å². The fourth-order valence-corrected chi connectivity index (χ4v) is 3.65. The number of aromatic nitrogens is 3. The third-order valence-electron chi connectivity index (χ3n) is 3.17. The number of nitrogens with one attached hydrogen (secondary N) is 1. The van der Waals surface area contributed by atoms with Crippen LogP contribution in [-0.4, -0.2) is 23.0 Å². The van der Waals surface area contributed by atoms with Crippen LogP contribution in [0.5, 0.6) is 0 Å². The highest BCUT2D eigenvalue weighted by Crippen LogP contribution is 2.24. The molecule has 114 valence electrons. The first-order valence-corrected chi connectivity index (χ1v) is 8.33. The molecule has 0 bridgehead atoms. The van der Waals surface area contributed by atoms with E-state index in [0.717, 1.165) is 11.1 Å². The Bertz CT molecular complexity index is 966. The minimum atomic E-state index is -3.84. The van der Waals surface area contributed by atoms with Crippen LogP contribution in [0.2, 0.25) is 5.02 Å². The van der Waals surface area contributed by atoms with Crippen molar-refractivity contribution in [2.24, 2.45) is 0 Å². The molecule has 0 saturated carbocycles. The van der Waals surface area contributed by atoms with Crippen molar-refractivity contribution in [3.63, 3.8) is 0 Å². The first-order chi connectivity index (χ1) is 10.4. The Hall–Kier alpha value is -2.12. The predicted octanol–water partition coefficient (Wildman–Crippen LogP) is 2.80. The van der Waals surface area contributed by atoms with E-state index in [-0.39, 0.29) is 15.9 Å². The third-order valence-corrected chi connectivity index (χ3v) is 4.98. The molecule has 0 saturated heterocycles. The van der Waals surface area contributed by atoms with Crippen molar-refractivity contribution >= 4 is 33.2 Å². The van der Waals surface area contributed by atoms with Crippen molar-refractivity contribution in [3.05, 3.63) is 52.7 Å². The van der Waals surface area contributed by atoms with Gasteiger partial charge in [0.05, 0.1) is 5.02 Å². The quantitative estimate of drug-likeness (QED) is 0.798. The van der Waals surface area contributed by atoms with E-state index in [2.05, 4.69) is 14.9 Å². The number of fused-ring (bicyclic) bond motifs is 1. The van der Waals surface area contributed by atoms with E-state index >= 15 is 0 Å². The highest BCUT2D eigenvalue weighted by atomic mass is 35.5. The largest absolute Gasteiger partial charge is 0.268 e. The van der Waals surface area contributed by atoms with Crippen molar-refractivity contribution in [3.8, 4) is 0 Å². The van der Waals surface area contributed by atoms with Gasteiger partial charge in [-0.15, -0.1) is 10.2 Å². The lowest BCUT2D eigenvalue weighted by atomic mass is 10.2. The van der Waals surface area contributed by atoms with Gasteiger partial charge in [-0.3, -0.25) is 4.40 Å². The van der Waals surface area contributed by atoms with E-state index in [1.54, 1.807) is 22.7 Å². The Kier molecular flexibility index (Phi) is 3.54. The molecule has 0 aliphatic carbocycles. The molecule has 0 fully saturated rings. The van der Waals surface area contributed by atoms with Gasteiger partial charge in [0.25, 0.3) is 10.0 Å². The van der Waals surface area contributed by atoms with Crippen molar-refractivity contribution in [1.29, 1.82) is 0 Å². The summed E-state index contributed by atoms with van der Waals surface area (Å²) in [5.41, 5.74) is 2.45. The van der Waals surface area contributed by atoms with Crippen LogP contribution < -0.4 is 4.72 Å². The van der Waals surface area contributed by atoms with Gasteiger partial charge in [-0.1, -0.05) is 17.7 Å². The van der Waals surface area contributed by atoms with Gasteiger partial charge in [0.15, 0.2) is 5.65 Å². The Morgan fingerprint density at radius 2 is 1.82 bits per heavy atom. The van der Waals surface area contributed by atoms with Crippen molar-refractivity contribution in [1.82, 2.24) is 14.6 Å². The average molecular weight is 337 g/mol. The van der Waals surface area contributed by atoms with Crippen molar-refractivity contribution in [2.75, 3.05) is 4.72 Å². The minimum Gasteiger partial charge on any atom is -0.268 e. The summed E-state index contributed by atoms with van der Waals surface area (Å²) in [4.78, 5) is 0.00336. The van der Waals surface area contributed by atoms with Gasteiger partial charge in [0, 0.05) is 6.20 Å². The average Bonchev–Trinajstić information content (AvgIpc) is 2.79. The van der Waals surface area contributed by atoms with Gasteiger partial charge in [0.1, 0.15) is 4.90 Å². The van der Waals surface area contributed by atoms with Gasteiger partial charge < -0.3 is 0 Å². The number of sulfonamides is 1. The number of hydrogen-bond acceptors (Lipinski definition) is 4. The number of benzene rings is 1. The van der Waals surface area contributed by atoms with E-state index in [1.165, 1.54) is 6.07 Å². The summed E-state index contributed by atoms with van der Waals surface area (Å²) < 4.78 is 28.9. The summed E-state index contributed by atoms with van der Waals surface area (Å²) in [6, 6.07) is 8.40. The summed E-state index contributed by atoms with van der Waals surface area (Å²) in [6.07, 6.45) is 1.71. The number of nitrogens with zero attached hydrogens (tertiary/aromatic N) is 3. The van der Waals surface area contributed by atoms with Crippen LogP contribution in [0.15, 0.2) is 41.4 Å². The standard InChI is InChI=1S/C14H13ClN4O2S/c1-9-3-4-12(11(15)7-9)22(20,21)18-14-17-16-13-8-10(2)5-6-19(13)14/h3-8H,1-2H3,(H,17,18). The maximum Gasteiger partial charge on any atom is 0.265 e. The fourth-order valence-electron chi connectivity index (χ4n) is 2.06. The predicted molar refractivity (Wildman–Crippen MR) is 84.7 cm³/mol. The molecular formula is C14H13ClN4O2S. The van der Waals surface area contributed by atoms with Crippen LogP contribution in [-0.2, 0) is 10.0 Å². The molecule has 1 N–H and O–H groups in total. The SMILES string of the molecule is Cc1ccc(S(=O)(=O)Nc2nnc3cc(C)ccn23)c(Cl)c1. The van der Waals surface area contributed by atoms with Gasteiger partial charge in [0.2, 0.25) is 5.95 Å². The molecule has 8 heteroatoms. The number of hydrogen-bond donors (Lipinski definition) is 1. The summed E-state index contributed by atoms with van der Waals surface area (Å²) in [5.74, 6) is 0.117. The van der Waals surface area contributed by atoms with Crippen molar-refractivity contribution in [2.45, 2.75) is 18.7 Å². The van der Waals surface area contributed by atoms with E-state index < -0.39 is 10.0 Å². The molecule has 0 unspecified atom stereocenters. The molecule has 6 nitrogen and oxygen atoms in total. The Morgan fingerprint density at radius 3 is 2.55 bits per heavy atom. The van der Waals surface area contributed by atoms with Crippen molar-refractivity contribution < 1.29 is 8.42 Å². The van der Waals surface area contributed by atoms with Gasteiger partial charge >= 0.3 is 0 Å². The van der Waals surface area contributed by atoms with Crippen LogP contribution in [0.3, 0.4) is 0 Å². The van der Waals surface area contributed by atoms with Gasteiger partial charge in [-0.05, 0) is 49.2 Å². The number of rotatable bonds is 3. The number of aryl methyl sites for hydroxylation is 2. The van der Waals surface area contributed by atoms with E-state index in [4.69, 9.17) is 11.6 Å². The number of halogens is 1. The zero-order valence-electron chi connectivity index (χ0n) is 11.9. The molecule has 0 amide bonds. The molecule has 0 aliphatic rings. The molecular weight excluding hydrogens is 324 g/mol. The highest BCUT2D eigenvalue weighted by Gasteiger charge is 2.20. The molecule has 3 aromatic rings. The maximum atomic E-state index is 12.5. The second-order valence-corrected chi connectivity index (χ2v) is 7.05. The highest BCUT2D eigenvalue weighted by molar-refractivity contribution is 7.92. The molecule has 0 atom stereocenters. The first-order valence-electron chi connectivity index (χ1n) is 6.47. The molecule has 3 rings (SSSR count). The second-order valence-electron chi connectivity index (χ2n) is 5.00. The lowest BCUT2D eigenvalue weighted by molar-refractivity contribution is 0.600. The summed E-state index contributed by atoms with van der Waals surface area (Å²) in [6.45, 7) is 3.76. The fraction of sp³-hybridized carbons (Fsp3) is 0.143. The monoisotopic (exact) mass is 336 g/mol. The van der Waals surface area contributed by atoms with Crippen LogP contribution in [0.25, 0.3) is 5.65 Å². The second kappa shape index (κ2) is 5.26. The molecule has 1 aromatic carbocycles. The van der Waals surface area contributed by atoms with E-state index in [0.29, 0.717) is 5.65 Å². The lowest BCUT2D eigenvalue weighted by Crippen LogP contribution is -2.15. The smallest absolute Gasteiger partial charge is 0.265 e. The number of anilines is 1. The van der Waals surface area contributed by atoms with Gasteiger partial charge in [-0.2, -0.15) is 0 Å². The summed E-state index contributed by atoms with van der Waals surface area (Å²) in [7, 11) is -3.84. The molecule has 22 heavy (non-hydrogen) atoms. The lowest BCUT2D eigenvalue weighted by Gasteiger charge is -2.08. The zero-order valence-corrected chi connectivity index (χ0v) is 13.5. The molecule has 0 aliphatic heterocycles. The summed E-state index contributed by atoms with van der Waals surface area (Å²) in [5, 5.41) is 7.98. The van der Waals surface area contributed by atoms with Crippen LogP contribution in [0.1, 0.15) is 11.1 Å². The first kappa shape index (κ1) is 14.8. The normalized spacial score (nSPS) is 11.8. The van der Waals surface area contributed by atoms with E-state index in [1.807, 2.05) is 26.0 Å². The Morgan fingerprint density at radius 1 is 1.09 bits per heavy atom. The van der Waals surface area contributed by atoms with Crippen LogP contribution in [0.4, 0.5) is 5.95 Å². The number of pyridine rings is 1. The Balaban J connectivity index is 2.03. The topological polar surface area (TPSA) is 76.4 Å². The summed E-state index contributed by atoms with van der Waals surface area (Å²) >= 11 is 6.03. The molecule has 0 spiro atoms. The zero-order chi connectivity index (χ0) is 15.9. The molecule has 0 radical (unpaired) electrons.